The van der Waals surface area contributed by atoms with Gasteiger partial charge in [-0.15, -0.1) is 0 Å². The lowest BCUT2D eigenvalue weighted by Gasteiger charge is -2.42. The van der Waals surface area contributed by atoms with E-state index in [9.17, 15) is 4.79 Å². The van der Waals surface area contributed by atoms with Crippen molar-refractivity contribution in [3.05, 3.63) is 0 Å². The zero-order valence-electron chi connectivity index (χ0n) is 12.9. The van der Waals surface area contributed by atoms with Crippen molar-refractivity contribution >= 4 is 5.91 Å². The number of nitrogens with one attached hydrogen (secondary N) is 1. The predicted octanol–water partition coefficient (Wildman–Crippen LogP) is 2.95. The highest BCUT2D eigenvalue weighted by atomic mass is 16.2. The Bertz CT molecular complexity index is 304. The van der Waals surface area contributed by atoms with Gasteiger partial charge in [0.25, 0.3) is 0 Å². The molecule has 2 fully saturated rings. The van der Waals surface area contributed by atoms with Crippen LogP contribution in [0.15, 0.2) is 0 Å². The van der Waals surface area contributed by atoms with Crippen LogP contribution in [0.4, 0.5) is 0 Å². The molecule has 2 saturated heterocycles. The molecular weight excluding hydrogens is 236 g/mol. The number of rotatable bonds is 4. The molecule has 2 aliphatic heterocycles. The van der Waals surface area contributed by atoms with E-state index in [4.69, 9.17) is 0 Å². The highest BCUT2D eigenvalue weighted by Gasteiger charge is 2.45. The smallest absolute Gasteiger partial charge is 0.229 e. The molecule has 0 bridgehead atoms. The average molecular weight is 266 g/mol. The fourth-order valence-electron chi connectivity index (χ4n) is 4.07. The van der Waals surface area contributed by atoms with Gasteiger partial charge < -0.3 is 10.2 Å². The van der Waals surface area contributed by atoms with Crippen LogP contribution < -0.4 is 5.32 Å². The topological polar surface area (TPSA) is 32.3 Å². The molecule has 2 atom stereocenters. The first-order valence-electron chi connectivity index (χ1n) is 8.18. The number of carbonyl (C=O) groups excluding carboxylic acids is 1. The number of likely N-dealkylation sites (tertiary alicyclic amines) is 1. The van der Waals surface area contributed by atoms with Gasteiger partial charge in [0.15, 0.2) is 0 Å². The van der Waals surface area contributed by atoms with E-state index in [1.807, 2.05) is 0 Å². The summed E-state index contributed by atoms with van der Waals surface area (Å²) in [7, 11) is 0. The maximum absolute atomic E-state index is 13.2. The van der Waals surface area contributed by atoms with Crippen molar-refractivity contribution in [1.82, 2.24) is 10.2 Å². The Morgan fingerprint density at radius 3 is 2.53 bits per heavy atom. The molecule has 1 N–H and O–H groups in total. The normalized spacial score (nSPS) is 30.6. The highest BCUT2D eigenvalue weighted by Crippen LogP contribution is 2.40. The first kappa shape index (κ1) is 14.8. The largest absolute Gasteiger partial charge is 0.337 e. The quantitative estimate of drug-likeness (QED) is 0.848. The third-order valence-corrected chi connectivity index (χ3v) is 5.23. The number of hydrogen-bond donors (Lipinski definition) is 1. The van der Waals surface area contributed by atoms with E-state index < -0.39 is 0 Å². The molecule has 2 unspecified atom stereocenters. The molecule has 1 amide bonds. The minimum absolute atomic E-state index is 0.0635. The lowest BCUT2D eigenvalue weighted by molar-refractivity contribution is -0.147. The van der Waals surface area contributed by atoms with E-state index in [0.29, 0.717) is 18.0 Å². The Balaban J connectivity index is 2.18. The fraction of sp³-hybridized carbons (Fsp3) is 0.938. The zero-order chi connectivity index (χ0) is 13.9. The first-order valence-corrected chi connectivity index (χ1v) is 8.18. The van der Waals surface area contributed by atoms with Gasteiger partial charge in [0.1, 0.15) is 0 Å². The third kappa shape index (κ3) is 2.81. The van der Waals surface area contributed by atoms with E-state index in [1.54, 1.807) is 0 Å². The Hall–Kier alpha value is -0.570. The van der Waals surface area contributed by atoms with Crippen molar-refractivity contribution in [2.24, 2.45) is 5.41 Å². The van der Waals surface area contributed by atoms with Crippen LogP contribution in [0.25, 0.3) is 0 Å². The summed E-state index contributed by atoms with van der Waals surface area (Å²) in [6, 6.07) is 0.937. The molecule has 0 aromatic heterocycles. The van der Waals surface area contributed by atoms with Gasteiger partial charge in [0.2, 0.25) is 5.91 Å². The summed E-state index contributed by atoms with van der Waals surface area (Å²) in [6.45, 7) is 8.67. The summed E-state index contributed by atoms with van der Waals surface area (Å²) in [6.07, 6.45) is 7.72. The molecule has 2 aliphatic rings. The molecule has 2 rings (SSSR count). The van der Waals surface area contributed by atoms with E-state index in [2.05, 4.69) is 31.0 Å². The van der Waals surface area contributed by atoms with Crippen LogP contribution in [0.1, 0.15) is 65.7 Å². The minimum Gasteiger partial charge on any atom is -0.337 e. The molecule has 110 valence electrons. The molecule has 0 saturated carbocycles. The number of carbonyl (C=O) groups is 1. The van der Waals surface area contributed by atoms with Crippen LogP contribution in [0, 0.1) is 5.41 Å². The molecule has 3 heteroatoms. The monoisotopic (exact) mass is 266 g/mol. The van der Waals surface area contributed by atoms with Gasteiger partial charge in [0, 0.05) is 12.1 Å². The number of nitrogens with zero attached hydrogens (tertiary/aromatic N) is 1. The maximum Gasteiger partial charge on any atom is 0.229 e. The Kier molecular flexibility index (Phi) is 4.88. The summed E-state index contributed by atoms with van der Waals surface area (Å²) < 4.78 is 0. The number of piperidine rings is 1. The Morgan fingerprint density at radius 1 is 1.26 bits per heavy atom. The molecule has 3 nitrogen and oxygen atoms in total. The van der Waals surface area contributed by atoms with Crippen molar-refractivity contribution in [2.45, 2.75) is 77.8 Å². The molecular formula is C16H30N2O. The average Bonchev–Trinajstić information content (AvgIpc) is 2.80. The second-order valence-electron chi connectivity index (χ2n) is 6.48. The van der Waals surface area contributed by atoms with Gasteiger partial charge in [-0.25, -0.2) is 0 Å². The van der Waals surface area contributed by atoms with Crippen molar-refractivity contribution < 1.29 is 4.79 Å². The molecule has 0 spiro atoms. The van der Waals surface area contributed by atoms with E-state index in [-0.39, 0.29) is 5.41 Å². The number of amides is 1. The van der Waals surface area contributed by atoms with Gasteiger partial charge >= 0.3 is 0 Å². The minimum atomic E-state index is -0.0635. The van der Waals surface area contributed by atoms with Crippen LogP contribution >= 0.6 is 0 Å². The summed E-state index contributed by atoms with van der Waals surface area (Å²) >= 11 is 0. The van der Waals surface area contributed by atoms with Gasteiger partial charge in [-0.1, -0.05) is 20.3 Å². The van der Waals surface area contributed by atoms with E-state index in [1.165, 1.54) is 12.8 Å². The van der Waals surface area contributed by atoms with Crippen LogP contribution in [-0.4, -0.2) is 36.0 Å². The van der Waals surface area contributed by atoms with Crippen molar-refractivity contribution in [2.75, 3.05) is 13.1 Å². The fourth-order valence-corrected chi connectivity index (χ4v) is 4.07. The zero-order valence-corrected chi connectivity index (χ0v) is 12.9. The van der Waals surface area contributed by atoms with E-state index >= 15 is 0 Å². The molecule has 0 aromatic rings. The molecule has 0 aromatic carbocycles. The summed E-state index contributed by atoms with van der Waals surface area (Å²) in [5.74, 6) is 0.465. The van der Waals surface area contributed by atoms with Gasteiger partial charge in [-0.05, 0) is 58.5 Å². The van der Waals surface area contributed by atoms with Gasteiger partial charge in [-0.2, -0.15) is 0 Å². The van der Waals surface area contributed by atoms with Crippen molar-refractivity contribution in [1.29, 1.82) is 0 Å². The summed E-state index contributed by atoms with van der Waals surface area (Å²) in [4.78, 5) is 15.4. The van der Waals surface area contributed by atoms with Crippen molar-refractivity contribution in [3.8, 4) is 0 Å². The second kappa shape index (κ2) is 6.25. The predicted molar refractivity (Wildman–Crippen MR) is 79.1 cm³/mol. The SMILES string of the molecule is CCCC1(C(=O)N2C(C)CCC2CC)CCNCC1. The lowest BCUT2D eigenvalue weighted by Crippen LogP contribution is -2.52. The van der Waals surface area contributed by atoms with Crippen LogP contribution in [0.5, 0.6) is 0 Å². The van der Waals surface area contributed by atoms with Crippen LogP contribution in [-0.2, 0) is 4.79 Å². The Labute approximate surface area is 118 Å². The third-order valence-electron chi connectivity index (χ3n) is 5.23. The van der Waals surface area contributed by atoms with Crippen LogP contribution in [0.2, 0.25) is 0 Å². The van der Waals surface area contributed by atoms with Crippen molar-refractivity contribution in [3.63, 3.8) is 0 Å². The van der Waals surface area contributed by atoms with Crippen LogP contribution in [0.3, 0.4) is 0 Å². The first-order chi connectivity index (χ1) is 9.14. The molecule has 2 heterocycles. The number of hydrogen-bond acceptors (Lipinski definition) is 2. The standard InChI is InChI=1S/C16H30N2O/c1-4-8-16(9-11-17-12-10-16)15(19)18-13(3)6-7-14(18)5-2/h13-14,17H,4-12H2,1-3H3. The summed E-state index contributed by atoms with van der Waals surface area (Å²) in [5.41, 5.74) is -0.0635. The maximum atomic E-state index is 13.2. The Morgan fingerprint density at radius 2 is 1.95 bits per heavy atom. The lowest BCUT2D eigenvalue weighted by atomic mass is 9.74. The van der Waals surface area contributed by atoms with E-state index in [0.717, 1.165) is 45.2 Å². The molecule has 0 aliphatic carbocycles. The van der Waals surface area contributed by atoms with Gasteiger partial charge in [-0.3, -0.25) is 4.79 Å². The van der Waals surface area contributed by atoms with Gasteiger partial charge in [0.05, 0.1) is 5.41 Å². The molecule has 0 radical (unpaired) electrons. The highest BCUT2D eigenvalue weighted by molar-refractivity contribution is 5.83. The summed E-state index contributed by atoms with van der Waals surface area (Å²) in [5, 5.41) is 3.41. The molecule has 19 heavy (non-hydrogen) atoms. The second-order valence-corrected chi connectivity index (χ2v) is 6.48.